The van der Waals surface area contributed by atoms with E-state index >= 15 is 0 Å². The number of carbonyl (C=O) groups excluding carboxylic acids is 1. The molecule has 2 rings (SSSR count). The van der Waals surface area contributed by atoms with Crippen molar-refractivity contribution < 1.29 is 14.6 Å². The maximum atomic E-state index is 11.2. The van der Waals surface area contributed by atoms with E-state index in [1.165, 1.54) is 36.1 Å². The number of carbonyl (C=O) groups is 1. The zero-order valence-electron chi connectivity index (χ0n) is 10.9. The zero-order chi connectivity index (χ0) is 15.6. The van der Waals surface area contributed by atoms with Crippen LogP contribution in [0.15, 0.2) is 30.6 Å². The van der Waals surface area contributed by atoms with Gasteiger partial charge in [0, 0.05) is 12.3 Å². The molecule has 1 heterocycles. The van der Waals surface area contributed by atoms with Gasteiger partial charge in [-0.15, -0.1) is 0 Å². The highest BCUT2D eigenvalue weighted by Gasteiger charge is 2.19. The summed E-state index contributed by atoms with van der Waals surface area (Å²) in [5.74, 6) is -0.167. The Kier molecular flexibility index (Phi) is 3.74. The van der Waals surface area contributed by atoms with E-state index in [4.69, 9.17) is 0 Å². The molecule has 0 fully saturated rings. The summed E-state index contributed by atoms with van der Waals surface area (Å²) in [6, 6.07) is 3.41. The Balaban J connectivity index is 2.36. The largest absolute Gasteiger partial charge is 0.294 e. The molecular formula is C12H10N4O5. The number of hydrogen-bond donors (Lipinski definition) is 0. The van der Waals surface area contributed by atoms with Gasteiger partial charge in [0.15, 0.2) is 5.78 Å². The molecule has 1 aromatic heterocycles. The zero-order valence-corrected chi connectivity index (χ0v) is 10.9. The Morgan fingerprint density at radius 2 is 2.00 bits per heavy atom. The number of nitro benzene ring substituents is 2. The van der Waals surface area contributed by atoms with Crippen molar-refractivity contribution in [2.45, 2.75) is 13.5 Å². The summed E-state index contributed by atoms with van der Waals surface area (Å²) >= 11 is 0. The number of nitro groups is 2. The number of aromatic nitrogens is 2. The fraction of sp³-hybridized carbons (Fsp3) is 0.167. The minimum Gasteiger partial charge on any atom is -0.294 e. The van der Waals surface area contributed by atoms with Crippen LogP contribution in [0.25, 0.3) is 0 Å². The highest BCUT2D eigenvalue weighted by Crippen LogP contribution is 2.25. The first-order chi connectivity index (χ1) is 9.88. The molecule has 0 unspecified atom stereocenters. The van der Waals surface area contributed by atoms with Gasteiger partial charge >= 0.3 is 0 Å². The third-order valence-corrected chi connectivity index (χ3v) is 2.85. The summed E-state index contributed by atoms with van der Waals surface area (Å²) in [4.78, 5) is 31.4. The quantitative estimate of drug-likeness (QED) is 0.471. The standard InChI is InChI=1S/C12H10N4O5/c1-8(17)10-5-13-14(7-10)6-9-2-3-11(15(18)19)4-12(9)16(20)21/h2-5,7H,6H2,1H3. The first-order valence-corrected chi connectivity index (χ1v) is 5.83. The lowest BCUT2D eigenvalue weighted by atomic mass is 10.1. The molecule has 0 saturated carbocycles. The van der Waals surface area contributed by atoms with Gasteiger partial charge in [0.2, 0.25) is 0 Å². The van der Waals surface area contributed by atoms with E-state index in [-0.39, 0.29) is 29.3 Å². The van der Waals surface area contributed by atoms with Gasteiger partial charge in [-0.3, -0.25) is 29.7 Å². The Hall–Kier alpha value is -3.10. The number of ketones is 1. The molecule has 0 bridgehead atoms. The summed E-state index contributed by atoms with van der Waals surface area (Å²) < 4.78 is 1.37. The number of Topliss-reactive ketones (excluding diaryl/α,β-unsaturated/α-hetero) is 1. The molecule has 9 nitrogen and oxygen atoms in total. The first-order valence-electron chi connectivity index (χ1n) is 5.83. The van der Waals surface area contributed by atoms with Gasteiger partial charge < -0.3 is 0 Å². The third kappa shape index (κ3) is 3.08. The van der Waals surface area contributed by atoms with E-state index in [2.05, 4.69) is 5.10 Å². The molecule has 0 saturated heterocycles. The number of hydrogen-bond acceptors (Lipinski definition) is 6. The second-order valence-electron chi connectivity index (χ2n) is 4.31. The van der Waals surface area contributed by atoms with Crippen molar-refractivity contribution in [3.63, 3.8) is 0 Å². The molecule has 0 aliphatic rings. The van der Waals surface area contributed by atoms with Gasteiger partial charge in [-0.2, -0.15) is 5.10 Å². The van der Waals surface area contributed by atoms with Crippen LogP contribution in [-0.4, -0.2) is 25.4 Å². The Bertz CT molecular complexity index is 737. The fourth-order valence-corrected chi connectivity index (χ4v) is 1.78. The van der Waals surface area contributed by atoms with Crippen LogP contribution >= 0.6 is 0 Å². The van der Waals surface area contributed by atoms with Crippen LogP contribution in [0.1, 0.15) is 22.8 Å². The van der Waals surface area contributed by atoms with Crippen molar-refractivity contribution in [1.82, 2.24) is 9.78 Å². The average Bonchev–Trinajstić information content (AvgIpc) is 2.87. The van der Waals surface area contributed by atoms with Gasteiger partial charge in [0.1, 0.15) is 0 Å². The highest BCUT2D eigenvalue weighted by atomic mass is 16.6. The molecule has 1 aromatic carbocycles. The molecule has 2 aromatic rings. The van der Waals surface area contributed by atoms with Crippen LogP contribution in [0.2, 0.25) is 0 Å². The Morgan fingerprint density at radius 1 is 1.29 bits per heavy atom. The molecule has 0 atom stereocenters. The normalized spacial score (nSPS) is 10.3. The minimum absolute atomic E-state index is 0.0432. The average molecular weight is 290 g/mol. The van der Waals surface area contributed by atoms with Crippen LogP contribution in [-0.2, 0) is 6.54 Å². The van der Waals surface area contributed by atoms with Crippen molar-refractivity contribution in [2.75, 3.05) is 0 Å². The number of nitrogens with zero attached hydrogens (tertiary/aromatic N) is 4. The molecule has 0 aliphatic carbocycles. The lowest BCUT2D eigenvalue weighted by Crippen LogP contribution is -2.04. The van der Waals surface area contributed by atoms with E-state index in [1.54, 1.807) is 0 Å². The van der Waals surface area contributed by atoms with Crippen LogP contribution in [0.3, 0.4) is 0 Å². The molecule has 21 heavy (non-hydrogen) atoms. The topological polar surface area (TPSA) is 121 Å². The van der Waals surface area contributed by atoms with E-state index in [9.17, 15) is 25.0 Å². The van der Waals surface area contributed by atoms with Crippen molar-refractivity contribution in [1.29, 1.82) is 0 Å². The SMILES string of the molecule is CC(=O)c1cnn(Cc2ccc([N+](=O)[O-])cc2[N+](=O)[O-])c1. The van der Waals surface area contributed by atoms with Crippen LogP contribution in [0.4, 0.5) is 11.4 Å². The van der Waals surface area contributed by atoms with Crippen LogP contribution < -0.4 is 0 Å². The summed E-state index contributed by atoms with van der Waals surface area (Å²) in [5.41, 5.74) is -0.0530. The van der Waals surface area contributed by atoms with E-state index in [0.717, 1.165) is 6.07 Å². The molecule has 0 spiro atoms. The maximum absolute atomic E-state index is 11.2. The Labute approximate surface area is 118 Å². The second-order valence-corrected chi connectivity index (χ2v) is 4.31. The Morgan fingerprint density at radius 3 is 2.52 bits per heavy atom. The van der Waals surface area contributed by atoms with Gasteiger partial charge in [0.05, 0.1) is 39.8 Å². The summed E-state index contributed by atoms with van der Waals surface area (Å²) in [6.07, 6.45) is 2.83. The predicted molar refractivity (Wildman–Crippen MR) is 71.1 cm³/mol. The molecule has 108 valence electrons. The van der Waals surface area contributed by atoms with Gasteiger partial charge in [0.25, 0.3) is 11.4 Å². The number of benzene rings is 1. The molecule has 0 radical (unpaired) electrons. The lowest BCUT2D eigenvalue weighted by Gasteiger charge is -2.03. The lowest BCUT2D eigenvalue weighted by molar-refractivity contribution is -0.394. The molecule has 9 heteroatoms. The molecular weight excluding hydrogens is 280 g/mol. The number of rotatable bonds is 5. The second kappa shape index (κ2) is 5.49. The smallest absolute Gasteiger partial charge is 0.281 e. The summed E-state index contributed by atoms with van der Waals surface area (Å²) in [7, 11) is 0. The molecule has 0 N–H and O–H groups in total. The van der Waals surface area contributed by atoms with E-state index < -0.39 is 9.85 Å². The van der Waals surface area contributed by atoms with E-state index in [0.29, 0.717) is 5.56 Å². The van der Waals surface area contributed by atoms with Gasteiger partial charge in [-0.25, -0.2) is 0 Å². The van der Waals surface area contributed by atoms with Crippen molar-refractivity contribution in [3.8, 4) is 0 Å². The molecule has 0 amide bonds. The highest BCUT2D eigenvalue weighted by molar-refractivity contribution is 5.93. The fourth-order valence-electron chi connectivity index (χ4n) is 1.78. The van der Waals surface area contributed by atoms with Crippen molar-refractivity contribution in [2.24, 2.45) is 0 Å². The first kappa shape index (κ1) is 14.3. The van der Waals surface area contributed by atoms with Gasteiger partial charge in [-0.1, -0.05) is 0 Å². The maximum Gasteiger partial charge on any atom is 0.281 e. The molecule has 0 aliphatic heterocycles. The summed E-state index contributed by atoms with van der Waals surface area (Å²) in [5, 5.41) is 25.6. The summed E-state index contributed by atoms with van der Waals surface area (Å²) in [6.45, 7) is 1.43. The third-order valence-electron chi connectivity index (χ3n) is 2.85. The monoisotopic (exact) mass is 290 g/mol. The van der Waals surface area contributed by atoms with E-state index in [1.807, 2.05) is 0 Å². The van der Waals surface area contributed by atoms with Crippen molar-refractivity contribution in [3.05, 3.63) is 61.9 Å². The van der Waals surface area contributed by atoms with Crippen molar-refractivity contribution >= 4 is 17.2 Å². The number of non-ortho nitro benzene ring substituents is 1. The van der Waals surface area contributed by atoms with Crippen LogP contribution in [0.5, 0.6) is 0 Å². The van der Waals surface area contributed by atoms with Crippen LogP contribution in [0, 0.1) is 20.2 Å². The predicted octanol–water partition coefficient (Wildman–Crippen LogP) is 1.95. The van der Waals surface area contributed by atoms with Gasteiger partial charge in [-0.05, 0) is 13.0 Å². The minimum atomic E-state index is -0.696.